The van der Waals surface area contributed by atoms with Crippen molar-refractivity contribution in [3.63, 3.8) is 0 Å². The molecule has 0 saturated carbocycles. The fraction of sp³-hybridized carbons (Fsp3) is 0.562. The van der Waals surface area contributed by atoms with Crippen LogP contribution in [0, 0.1) is 17.6 Å². The van der Waals surface area contributed by atoms with Gasteiger partial charge in [-0.1, -0.05) is 11.6 Å². The molecule has 1 aromatic rings. The number of halogens is 3. The van der Waals surface area contributed by atoms with E-state index >= 15 is 0 Å². The lowest BCUT2D eigenvalue weighted by Crippen LogP contribution is -2.40. The Labute approximate surface area is 138 Å². The molecule has 23 heavy (non-hydrogen) atoms. The lowest BCUT2D eigenvalue weighted by Gasteiger charge is -2.29. The number of carbonyl (C=O) groups excluding carboxylic acids is 1. The van der Waals surface area contributed by atoms with Crippen molar-refractivity contribution in [1.82, 2.24) is 9.80 Å². The number of hydrogen-bond acceptors (Lipinski definition) is 3. The quantitative estimate of drug-likeness (QED) is 0.789. The summed E-state index contributed by atoms with van der Waals surface area (Å²) in [4.78, 5) is 16.3. The first-order valence-corrected chi connectivity index (χ1v) is 8.16. The van der Waals surface area contributed by atoms with Gasteiger partial charge in [0, 0.05) is 32.7 Å². The minimum atomic E-state index is -0.780. The molecular weight excluding hydrogens is 326 g/mol. The number of ether oxygens (including phenoxy) is 1. The van der Waals surface area contributed by atoms with Crippen molar-refractivity contribution in [2.24, 2.45) is 5.92 Å². The average molecular weight is 345 g/mol. The molecule has 3 rings (SSSR count). The lowest BCUT2D eigenvalue weighted by atomic mass is 10.1. The summed E-state index contributed by atoms with van der Waals surface area (Å²) < 4.78 is 32.7. The molecule has 0 aromatic heterocycles. The second-order valence-electron chi connectivity index (χ2n) is 6.07. The Balaban J connectivity index is 1.62. The molecule has 1 atom stereocenters. The van der Waals surface area contributed by atoms with E-state index in [0.717, 1.165) is 51.4 Å². The number of likely N-dealkylation sites (tertiary alicyclic amines) is 1. The summed E-state index contributed by atoms with van der Waals surface area (Å²) in [6.45, 7) is 5.33. The van der Waals surface area contributed by atoms with Crippen LogP contribution in [0.1, 0.15) is 16.8 Å². The van der Waals surface area contributed by atoms with E-state index in [0.29, 0.717) is 19.0 Å². The van der Waals surface area contributed by atoms with E-state index in [2.05, 4.69) is 4.90 Å². The summed E-state index contributed by atoms with van der Waals surface area (Å²) in [5, 5.41) is -0.314. The molecule has 126 valence electrons. The molecule has 0 spiro atoms. The second-order valence-corrected chi connectivity index (χ2v) is 6.47. The first-order chi connectivity index (χ1) is 11.0. The molecule has 2 fully saturated rings. The van der Waals surface area contributed by atoms with Crippen molar-refractivity contribution in [1.29, 1.82) is 0 Å². The van der Waals surface area contributed by atoms with Gasteiger partial charge < -0.3 is 9.64 Å². The number of morpholine rings is 1. The van der Waals surface area contributed by atoms with Gasteiger partial charge in [0.1, 0.15) is 11.6 Å². The van der Waals surface area contributed by atoms with Crippen molar-refractivity contribution < 1.29 is 18.3 Å². The summed E-state index contributed by atoms with van der Waals surface area (Å²) in [7, 11) is 0. The minimum absolute atomic E-state index is 0.251. The Kier molecular flexibility index (Phi) is 5.14. The van der Waals surface area contributed by atoms with Crippen LogP contribution in [0.15, 0.2) is 12.1 Å². The first kappa shape index (κ1) is 16.6. The van der Waals surface area contributed by atoms with Gasteiger partial charge in [0.15, 0.2) is 0 Å². The van der Waals surface area contributed by atoms with Crippen LogP contribution in [0.3, 0.4) is 0 Å². The molecule has 1 aromatic carbocycles. The van der Waals surface area contributed by atoms with Gasteiger partial charge in [-0.3, -0.25) is 9.69 Å². The molecule has 2 heterocycles. The van der Waals surface area contributed by atoms with E-state index in [9.17, 15) is 13.6 Å². The summed E-state index contributed by atoms with van der Waals surface area (Å²) in [5.41, 5.74) is -0.251. The Bertz CT molecular complexity index is 594. The molecule has 1 unspecified atom stereocenters. The van der Waals surface area contributed by atoms with Crippen LogP contribution in [0.25, 0.3) is 0 Å². The normalized spacial score (nSPS) is 22.6. The zero-order valence-electron chi connectivity index (χ0n) is 12.7. The Morgan fingerprint density at radius 1 is 1.22 bits per heavy atom. The Morgan fingerprint density at radius 2 is 1.96 bits per heavy atom. The van der Waals surface area contributed by atoms with Crippen molar-refractivity contribution in [2.75, 3.05) is 45.9 Å². The summed E-state index contributed by atoms with van der Waals surface area (Å²) in [6.07, 6.45) is 0.876. The van der Waals surface area contributed by atoms with Crippen LogP contribution in [0.2, 0.25) is 5.02 Å². The molecule has 4 nitrogen and oxygen atoms in total. The van der Waals surface area contributed by atoms with E-state index in [4.69, 9.17) is 16.3 Å². The van der Waals surface area contributed by atoms with Gasteiger partial charge in [0.25, 0.3) is 5.91 Å². The molecule has 0 radical (unpaired) electrons. The second kappa shape index (κ2) is 7.11. The fourth-order valence-corrected chi connectivity index (χ4v) is 3.32. The lowest BCUT2D eigenvalue weighted by molar-refractivity contribution is 0.0310. The van der Waals surface area contributed by atoms with Gasteiger partial charge in [0.2, 0.25) is 0 Å². The highest BCUT2D eigenvalue weighted by atomic mass is 35.5. The Hall–Kier alpha value is -1.24. The third kappa shape index (κ3) is 3.82. The standard InChI is InChI=1S/C16H19ClF2N2O2/c17-13-8-14(18)12(7-15(13)19)16(22)21-2-1-11(10-21)9-20-3-5-23-6-4-20/h7-8,11H,1-6,9-10H2. The van der Waals surface area contributed by atoms with Gasteiger partial charge >= 0.3 is 0 Å². The molecule has 2 aliphatic heterocycles. The predicted octanol–water partition coefficient (Wildman–Crippen LogP) is 2.41. The van der Waals surface area contributed by atoms with Crippen molar-refractivity contribution in [2.45, 2.75) is 6.42 Å². The molecule has 1 amide bonds. The van der Waals surface area contributed by atoms with Crippen LogP contribution in [0.4, 0.5) is 8.78 Å². The topological polar surface area (TPSA) is 32.8 Å². The average Bonchev–Trinajstić information content (AvgIpc) is 3.00. The predicted molar refractivity (Wildman–Crippen MR) is 82.6 cm³/mol. The van der Waals surface area contributed by atoms with E-state index in [1.165, 1.54) is 0 Å². The van der Waals surface area contributed by atoms with Crippen LogP contribution in [-0.2, 0) is 4.74 Å². The summed E-state index contributed by atoms with van der Waals surface area (Å²) in [6, 6.07) is 1.74. The van der Waals surface area contributed by atoms with Crippen molar-refractivity contribution in [3.05, 3.63) is 34.4 Å². The maximum Gasteiger partial charge on any atom is 0.256 e. The highest BCUT2D eigenvalue weighted by Gasteiger charge is 2.30. The van der Waals surface area contributed by atoms with Gasteiger partial charge in [-0.2, -0.15) is 0 Å². The molecule has 7 heteroatoms. The largest absolute Gasteiger partial charge is 0.379 e. The van der Waals surface area contributed by atoms with Gasteiger partial charge in [-0.05, 0) is 24.5 Å². The number of carbonyl (C=O) groups is 1. The third-order valence-electron chi connectivity index (χ3n) is 4.43. The highest BCUT2D eigenvalue weighted by Crippen LogP contribution is 2.24. The van der Waals surface area contributed by atoms with Crippen molar-refractivity contribution >= 4 is 17.5 Å². The molecule has 0 N–H and O–H groups in total. The van der Waals surface area contributed by atoms with Crippen LogP contribution < -0.4 is 0 Å². The van der Waals surface area contributed by atoms with Crippen LogP contribution >= 0.6 is 11.6 Å². The minimum Gasteiger partial charge on any atom is -0.379 e. The number of nitrogens with zero attached hydrogens (tertiary/aromatic N) is 2. The van der Waals surface area contributed by atoms with E-state index in [-0.39, 0.29) is 10.6 Å². The summed E-state index contributed by atoms with van der Waals surface area (Å²) in [5.74, 6) is -1.67. The summed E-state index contributed by atoms with van der Waals surface area (Å²) >= 11 is 5.53. The zero-order valence-corrected chi connectivity index (χ0v) is 13.5. The molecule has 0 bridgehead atoms. The van der Waals surface area contributed by atoms with Crippen LogP contribution in [0.5, 0.6) is 0 Å². The van der Waals surface area contributed by atoms with E-state index in [1.807, 2.05) is 0 Å². The van der Waals surface area contributed by atoms with E-state index < -0.39 is 17.5 Å². The number of amides is 1. The first-order valence-electron chi connectivity index (χ1n) is 7.78. The number of hydrogen-bond donors (Lipinski definition) is 0. The molecular formula is C16H19ClF2N2O2. The highest BCUT2D eigenvalue weighted by molar-refractivity contribution is 6.30. The number of benzene rings is 1. The van der Waals surface area contributed by atoms with Crippen LogP contribution in [-0.4, -0.2) is 61.6 Å². The SMILES string of the molecule is O=C(c1cc(F)c(Cl)cc1F)N1CCC(CN2CCOCC2)C1. The van der Waals surface area contributed by atoms with Gasteiger partial charge in [-0.15, -0.1) is 0 Å². The number of rotatable bonds is 3. The molecule has 2 saturated heterocycles. The van der Waals surface area contributed by atoms with Gasteiger partial charge in [-0.25, -0.2) is 8.78 Å². The fourth-order valence-electron chi connectivity index (χ4n) is 3.17. The monoisotopic (exact) mass is 344 g/mol. The zero-order chi connectivity index (χ0) is 16.4. The van der Waals surface area contributed by atoms with Gasteiger partial charge in [0.05, 0.1) is 23.8 Å². The molecule has 2 aliphatic rings. The smallest absolute Gasteiger partial charge is 0.256 e. The maximum absolute atomic E-state index is 13.9. The Morgan fingerprint density at radius 3 is 2.70 bits per heavy atom. The maximum atomic E-state index is 13.9. The third-order valence-corrected chi connectivity index (χ3v) is 4.72. The molecule has 0 aliphatic carbocycles. The van der Waals surface area contributed by atoms with E-state index in [1.54, 1.807) is 4.90 Å². The van der Waals surface area contributed by atoms with Crippen molar-refractivity contribution in [3.8, 4) is 0 Å².